The fraction of sp³-hybridized carbons (Fsp3) is 0.938. The highest BCUT2D eigenvalue weighted by atomic mass is 16.5. The zero-order chi connectivity index (χ0) is 14.4. The Balaban J connectivity index is 1.81. The van der Waals surface area contributed by atoms with Crippen molar-refractivity contribution in [3.05, 3.63) is 0 Å². The van der Waals surface area contributed by atoms with Gasteiger partial charge in [0.1, 0.15) is 6.10 Å². The summed E-state index contributed by atoms with van der Waals surface area (Å²) >= 11 is 0. The number of hydrogen-bond donors (Lipinski definition) is 2. The first-order valence-corrected chi connectivity index (χ1v) is 8.34. The maximum Gasteiger partial charge on any atom is 0.249 e. The minimum absolute atomic E-state index is 0.0379. The molecule has 0 aliphatic heterocycles. The monoisotopic (exact) mass is 283 g/mol. The first kappa shape index (κ1) is 15.8. The van der Waals surface area contributed by atoms with Crippen LogP contribution in [0.2, 0.25) is 0 Å². The lowest BCUT2D eigenvalue weighted by atomic mass is 9.92. The van der Waals surface area contributed by atoms with Gasteiger partial charge in [-0.15, -0.1) is 0 Å². The van der Waals surface area contributed by atoms with E-state index in [0.29, 0.717) is 6.42 Å². The zero-order valence-electron chi connectivity index (χ0n) is 12.6. The van der Waals surface area contributed by atoms with Gasteiger partial charge in [-0.05, 0) is 32.1 Å². The molecule has 2 saturated carbocycles. The normalized spacial score (nSPS) is 29.9. The highest BCUT2D eigenvalue weighted by Crippen LogP contribution is 2.23. The average Bonchev–Trinajstić information content (AvgIpc) is 2.48. The van der Waals surface area contributed by atoms with Crippen molar-refractivity contribution >= 4 is 5.91 Å². The number of nitrogens with one attached hydrogen (secondary N) is 1. The molecule has 3 unspecified atom stereocenters. The van der Waals surface area contributed by atoms with Crippen LogP contribution < -0.4 is 5.32 Å². The van der Waals surface area contributed by atoms with Gasteiger partial charge in [0.25, 0.3) is 0 Å². The topological polar surface area (TPSA) is 58.6 Å². The Morgan fingerprint density at radius 3 is 2.45 bits per heavy atom. The summed E-state index contributed by atoms with van der Waals surface area (Å²) < 4.78 is 5.99. The molecular weight excluding hydrogens is 254 g/mol. The molecule has 2 aliphatic carbocycles. The predicted octanol–water partition coefficient (Wildman–Crippen LogP) is 2.53. The quantitative estimate of drug-likeness (QED) is 0.815. The summed E-state index contributed by atoms with van der Waals surface area (Å²) in [5, 5.41) is 12.9. The van der Waals surface area contributed by atoms with Gasteiger partial charge in [-0.3, -0.25) is 4.79 Å². The van der Waals surface area contributed by atoms with Gasteiger partial charge < -0.3 is 15.2 Å². The summed E-state index contributed by atoms with van der Waals surface area (Å²) in [4.78, 5) is 12.3. The average molecular weight is 283 g/mol. The van der Waals surface area contributed by atoms with Crippen LogP contribution in [-0.2, 0) is 9.53 Å². The number of rotatable bonds is 5. The number of ether oxygens (including phenoxy) is 1. The fourth-order valence-corrected chi connectivity index (χ4v) is 3.33. The molecule has 3 atom stereocenters. The number of aliphatic hydroxyl groups is 1. The second-order valence-electron chi connectivity index (χ2n) is 6.26. The van der Waals surface area contributed by atoms with Crippen LogP contribution in [-0.4, -0.2) is 35.4 Å². The van der Waals surface area contributed by atoms with E-state index >= 15 is 0 Å². The van der Waals surface area contributed by atoms with Crippen LogP contribution in [0.3, 0.4) is 0 Å². The predicted molar refractivity (Wildman–Crippen MR) is 78.4 cm³/mol. The third-order valence-corrected chi connectivity index (χ3v) is 4.63. The van der Waals surface area contributed by atoms with Gasteiger partial charge >= 0.3 is 0 Å². The molecule has 0 bridgehead atoms. The van der Waals surface area contributed by atoms with E-state index in [4.69, 9.17) is 4.74 Å². The lowest BCUT2D eigenvalue weighted by molar-refractivity contribution is -0.140. The number of amides is 1. The van der Waals surface area contributed by atoms with Crippen molar-refractivity contribution in [3.8, 4) is 0 Å². The summed E-state index contributed by atoms with van der Waals surface area (Å²) in [6, 6.07) is -0.0831. The molecule has 0 heterocycles. The fourth-order valence-electron chi connectivity index (χ4n) is 3.33. The van der Waals surface area contributed by atoms with E-state index in [1.165, 1.54) is 19.3 Å². The van der Waals surface area contributed by atoms with E-state index in [1.54, 1.807) is 0 Å². The minimum atomic E-state index is -0.389. The Hall–Kier alpha value is -0.610. The summed E-state index contributed by atoms with van der Waals surface area (Å²) in [6.07, 6.45) is 9.90. The number of carbonyl (C=O) groups is 1. The Kier molecular flexibility index (Phi) is 6.30. The molecule has 2 N–H and O–H groups in total. The van der Waals surface area contributed by atoms with Gasteiger partial charge in [0.2, 0.25) is 5.91 Å². The SMILES string of the molecule is CCC(OC1CCCCC1)C(=O)NC1CCCCC1O. The van der Waals surface area contributed by atoms with E-state index in [2.05, 4.69) is 5.32 Å². The molecule has 0 aromatic heterocycles. The number of aliphatic hydroxyl groups excluding tert-OH is 1. The Bertz CT molecular complexity index is 302. The third kappa shape index (κ3) is 4.45. The highest BCUT2D eigenvalue weighted by molar-refractivity contribution is 5.81. The van der Waals surface area contributed by atoms with Crippen LogP contribution in [0.1, 0.15) is 71.1 Å². The summed E-state index contributed by atoms with van der Waals surface area (Å²) in [5.41, 5.74) is 0. The van der Waals surface area contributed by atoms with Crippen molar-refractivity contribution in [1.82, 2.24) is 5.32 Å². The summed E-state index contributed by atoms with van der Waals surface area (Å²) in [7, 11) is 0. The van der Waals surface area contributed by atoms with E-state index < -0.39 is 0 Å². The van der Waals surface area contributed by atoms with Gasteiger partial charge in [0, 0.05) is 0 Å². The molecule has 4 nitrogen and oxygen atoms in total. The third-order valence-electron chi connectivity index (χ3n) is 4.63. The molecule has 116 valence electrons. The highest BCUT2D eigenvalue weighted by Gasteiger charge is 2.29. The second-order valence-corrected chi connectivity index (χ2v) is 6.26. The molecule has 0 radical (unpaired) electrons. The molecule has 2 rings (SSSR count). The summed E-state index contributed by atoms with van der Waals surface area (Å²) in [5.74, 6) is -0.0379. The van der Waals surface area contributed by atoms with Crippen molar-refractivity contribution in [2.75, 3.05) is 0 Å². The van der Waals surface area contributed by atoms with E-state index in [9.17, 15) is 9.90 Å². The van der Waals surface area contributed by atoms with Crippen molar-refractivity contribution in [1.29, 1.82) is 0 Å². The van der Waals surface area contributed by atoms with Crippen LogP contribution in [0.25, 0.3) is 0 Å². The van der Waals surface area contributed by atoms with Crippen LogP contribution in [0.4, 0.5) is 0 Å². The second kappa shape index (κ2) is 7.99. The lowest BCUT2D eigenvalue weighted by Crippen LogP contribution is -2.49. The molecule has 0 aromatic rings. The summed E-state index contributed by atoms with van der Waals surface area (Å²) in [6.45, 7) is 1.99. The smallest absolute Gasteiger partial charge is 0.249 e. The zero-order valence-corrected chi connectivity index (χ0v) is 12.6. The van der Waals surface area contributed by atoms with Crippen LogP contribution in [0.5, 0.6) is 0 Å². The molecule has 2 aliphatic rings. The van der Waals surface area contributed by atoms with Gasteiger partial charge in [-0.1, -0.05) is 39.0 Å². The van der Waals surface area contributed by atoms with E-state index in [0.717, 1.165) is 38.5 Å². The molecular formula is C16H29NO3. The Morgan fingerprint density at radius 2 is 1.80 bits per heavy atom. The molecule has 1 amide bonds. The van der Waals surface area contributed by atoms with Gasteiger partial charge in [0.05, 0.1) is 18.2 Å². The molecule has 0 saturated heterocycles. The van der Waals surface area contributed by atoms with E-state index in [-0.39, 0.29) is 30.3 Å². The Morgan fingerprint density at radius 1 is 1.15 bits per heavy atom. The number of hydrogen-bond acceptors (Lipinski definition) is 3. The van der Waals surface area contributed by atoms with Crippen molar-refractivity contribution < 1.29 is 14.6 Å². The van der Waals surface area contributed by atoms with Crippen molar-refractivity contribution in [2.24, 2.45) is 0 Å². The molecule has 0 aromatic carbocycles. The number of carbonyl (C=O) groups excluding carboxylic acids is 1. The van der Waals surface area contributed by atoms with Crippen LogP contribution in [0, 0.1) is 0 Å². The van der Waals surface area contributed by atoms with Crippen molar-refractivity contribution in [2.45, 2.75) is 95.5 Å². The first-order chi connectivity index (χ1) is 9.70. The first-order valence-electron chi connectivity index (χ1n) is 8.34. The standard InChI is InChI=1S/C16H29NO3/c1-2-15(20-12-8-4-3-5-9-12)16(19)17-13-10-6-7-11-14(13)18/h12-15,18H,2-11H2,1H3,(H,17,19). The van der Waals surface area contributed by atoms with Gasteiger partial charge in [-0.25, -0.2) is 0 Å². The Labute approximate surface area is 122 Å². The largest absolute Gasteiger partial charge is 0.391 e. The van der Waals surface area contributed by atoms with Gasteiger partial charge in [0.15, 0.2) is 0 Å². The maximum absolute atomic E-state index is 12.3. The molecule has 2 fully saturated rings. The maximum atomic E-state index is 12.3. The molecule has 4 heteroatoms. The van der Waals surface area contributed by atoms with Gasteiger partial charge in [-0.2, -0.15) is 0 Å². The van der Waals surface area contributed by atoms with Crippen molar-refractivity contribution in [3.63, 3.8) is 0 Å². The van der Waals surface area contributed by atoms with Crippen LogP contribution >= 0.6 is 0 Å². The van der Waals surface area contributed by atoms with E-state index in [1.807, 2.05) is 6.92 Å². The molecule has 0 spiro atoms. The molecule has 20 heavy (non-hydrogen) atoms. The lowest BCUT2D eigenvalue weighted by Gasteiger charge is -2.31. The minimum Gasteiger partial charge on any atom is -0.391 e. The van der Waals surface area contributed by atoms with Crippen LogP contribution in [0.15, 0.2) is 0 Å².